The number of benzene rings is 1. The summed E-state index contributed by atoms with van der Waals surface area (Å²) in [6.45, 7) is 6.09. The Labute approximate surface area is 123 Å². The Bertz CT molecular complexity index is 472. The molecule has 106 valence electrons. The molecule has 0 bridgehead atoms. The number of hydrogen-bond donors (Lipinski definition) is 1. The van der Waals surface area contributed by atoms with Crippen LogP contribution in [0.2, 0.25) is 0 Å². The van der Waals surface area contributed by atoms with Crippen molar-refractivity contribution in [2.75, 3.05) is 7.11 Å². The molecular weight excluding hydrogens is 308 g/mol. The molecule has 1 heterocycles. The average Bonchev–Trinajstić information content (AvgIpc) is 2.26. The number of aliphatic hydroxyl groups is 1. The molecule has 0 aromatic heterocycles. The largest absolute Gasteiger partial charge is 0.487 e. The van der Waals surface area contributed by atoms with Crippen molar-refractivity contribution >= 4 is 15.9 Å². The van der Waals surface area contributed by atoms with Crippen LogP contribution in [0.5, 0.6) is 5.75 Å². The summed E-state index contributed by atoms with van der Waals surface area (Å²) in [5, 5.41) is 10.3. The standard InChI is InChI=1S/C15H21BrO3/c1-14(2,18-4)9-15(3)8-12(17)11-6-5-10(16)7-13(11)19-15/h5-7,12,17H,8-9H2,1-4H3. The second-order valence-electron chi connectivity index (χ2n) is 6.09. The highest BCUT2D eigenvalue weighted by atomic mass is 79.9. The first kappa shape index (κ1) is 14.8. The minimum Gasteiger partial charge on any atom is -0.487 e. The smallest absolute Gasteiger partial charge is 0.127 e. The first-order valence-electron chi connectivity index (χ1n) is 6.46. The second-order valence-corrected chi connectivity index (χ2v) is 7.01. The highest BCUT2D eigenvalue weighted by molar-refractivity contribution is 9.10. The molecule has 0 saturated heterocycles. The molecule has 1 aliphatic heterocycles. The predicted octanol–water partition coefficient (Wildman–Crippen LogP) is 3.84. The maximum atomic E-state index is 10.3. The van der Waals surface area contributed by atoms with E-state index in [0.717, 1.165) is 22.2 Å². The Morgan fingerprint density at radius 1 is 1.53 bits per heavy atom. The summed E-state index contributed by atoms with van der Waals surface area (Å²) < 4.78 is 12.6. The quantitative estimate of drug-likeness (QED) is 0.916. The highest BCUT2D eigenvalue weighted by Crippen LogP contribution is 2.43. The van der Waals surface area contributed by atoms with Crippen molar-refractivity contribution in [3.63, 3.8) is 0 Å². The van der Waals surface area contributed by atoms with Gasteiger partial charge in [-0.15, -0.1) is 0 Å². The maximum Gasteiger partial charge on any atom is 0.127 e. The maximum absolute atomic E-state index is 10.3. The van der Waals surface area contributed by atoms with Gasteiger partial charge in [-0.1, -0.05) is 22.0 Å². The van der Waals surface area contributed by atoms with E-state index in [9.17, 15) is 5.11 Å². The molecule has 0 fully saturated rings. The summed E-state index contributed by atoms with van der Waals surface area (Å²) in [6, 6.07) is 5.74. The number of fused-ring (bicyclic) bond motifs is 1. The summed E-state index contributed by atoms with van der Waals surface area (Å²) in [5.41, 5.74) is 0.154. The zero-order valence-electron chi connectivity index (χ0n) is 11.9. The van der Waals surface area contributed by atoms with Gasteiger partial charge in [0, 0.05) is 30.0 Å². The molecule has 3 nitrogen and oxygen atoms in total. The van der Waals surface area contributed by atoms with Crippen LogP contribution in [-0.2, 0) is 4.74 Å². The van der Waals surface area contributed by atoms with Gasteiger partial charge in [-0.2, -0.15) is 0 Å². The van der Waals surface area contributed by atoms with Crippen molar-refractivity contribution < 1.29 is 14.6 Å². The summed E-state index contributed by atoms with van der Waals surface area (Å²) in [7, 11) is 1.70. The van der Waals surface area contributed by atoms with E-state index in [2.05, 4.69) is 15.9 Å². The van der Waals surface area contributed by atoms with E-state index in [-0.39, 0.29) is 5.60 Å². The van der Waals surface area contributed by atoms with E-state index in [4.69, 9.17) is 9.47 Å². The summed E-state index contributed by atoms with van der Waals surface area (Å²) in [6.07, 6.45) is 0.808. The minimum atomic E-state index is -0.491. The van der Waals surface area contributed by atoms with Gasteiger partial charge in [0.1, 0.15) is 11.4 Å². The van der Waals surface area contributed by atoms with E-state index in [1.165, 1.54) is 0 Å². The number of rotatable bonds is 3. The van der Waals surface area contributed by atoms with Crippen molar-refractivity contribution in [3.8, 4) is 5.75 Å². The first-order valence-corrected chi connectivity index (χ1v) is 7.26. The molecule has 1 aliphatic rings. The van der Waals surface area contributed by atoms with E-state index in [1.54, 1.807) is 7.11 Å². The molecule has 2 unspecified atom stereocenters. The van der Waals surface area contributed by atoms with Crippen molar-refractivity contribution in [1.82, 2.24) is 0 Å². The number of aliphatic hydroxyl groups excluding tert-OH is 1. The number of ether oxygens (including phenoxy) is 2. The fourth-order valence-corrected chi connectivity index (χ4v) is 3.12. The highest BCUT2D eigenvalue weighted by Gasteiger charge is 2.40. The van der Waals surface area contributed by atoms with Crippen molar-refractivity contribution in [2.24, 2.45) is 0 Å². The molecule has 19 heavy (non-hydrogen) atoms. The van der Waals surface area contributed by atoms with Gasteiger partial charge < -0.3 is 14.6 Å². The lowest BCUT2D eigenvalue weighted by Gasteiger charge is -2.42. The molecule has 0 spiro atoms. The lowest BCUT2D eigenvalue weighted by atomic mass is 9.82. The average molecular weight is 329 g/mol. The van der Waals surface area contributed by atoms with Crippen LogP contribution in [0.15, 0.2) is 22.7 Å². The number of hydrogen-bond acceptors (Lipinski definition) is 3. The van der Waals surface area contributed by atoms with Gasteiger partial charge in [-0.25, -0.2) is 0 Å². The fraction of sp³-hybridized carbons (Fsp3) is 0.600. The predicted molar refractivity (Wildman–Crippen MR) is 78.5 cm³/mol. The monoisotopic (exact) mass is 328 g/mol. The van der Waals surface area contributed by atoms with E-state index >= 15 is 0 Å². The molecular formula is C15H21BrO3. The Balaban J connectivity index is 2.28. The fourth-order valence-electron chi connectivity index (χ4n) is 2.78. The molecule has 0 radical (unpaired) electrons. The lowest BCUT2D eigenvalue weighted by molar-refractivity contribution is -0.0746. The van der Waals surface area contributed by atoms with Crippen molar-refractivity contribution in [2.45, 2.75) is 50.9 Å². The van der Waals surface area contributed by atoms with Crippen molar-refractivity contribution in [3.05, 3.63) is 28.2 Å². The van der Waals surface area contributed by atoms with Gasteiger partial charge >= 0.3 is 0 Å². The second kappa shape index (κ2) is 5.08. The third-order valence-corrected chi connectivity index (χ3v) is 4.16. The summed E-state index contributed by atoms with van der Waals surface area (Å²) in [4.78, 5) is 0. The first-order chi connectivity index (χ1) is 8.75. The zero-order chi connectivity index (χ0) is 14.3. The SMILES string of the molecule is COC(C)(C)CC1(C)CC(O)c2ccc(Br)cc2O1. The topological polar surface area (TPSA) is 38.7 Å². The third kappa shape index (κ3) is 3.30. The van der Waals surface area contributed by atoms with Crippen LogP contribution < -0.4 is 4.74 Å². The lowest BCUT2D eigenvalue weighted by Crippen LogP contribution is -2.44. The van der Waals surface area contributed by atoms with Gasteiger partial charge in [0.25, 0.3) is 0 Å². The molecule has 0 amide bonds. The van der Waals surface area contributed by atoms with Crippen molar-refractivity contribution in [1.29, 1.82) is 0 Å². The van der Waals surface area contributed by atoms with Gasteiger partial charge in [-0.05, 0) is 32.9 Å². The van der Waals surface area contributed by atoms with Crippen LogP contribution in [-0.4, -0.2) is 23.4 Å². The van der Waals surface area contributed by atoms with Crippen LogP contribution in [0.25, 0.3) is 0 Å². The van der Waals surface area contributed by atoms with Crippen LogP contribution in [0.1, 0.15) is 45.3 Å². The summed E-state index contributed by atoms with van der Waals surface area (Å²) >= 11 is 3.44. The molecule has 2 atom stereocenters. The molecule has 2 rings (SSSR count). The zero-order valence-corrected chi connectivity index (χ0v) is 13.5. The molecule has 1 aromatic rings. The normalized spacial score (nSPS) is 26.7. The number of methoxy groups -OCH3 is 1. The van der Waals surface area contributed by atoms with Gasteiger partial charge in [0.05, 0.1) is 11.7 Å². The minimum absolute atomic E-state index is 0.280. The molecule has 4 heteroatoms. The van der Waals surface area contributed by atoms with Crippen LogP contribution >= 0.6 is 15.9 Å². The third-order valence-electron chi connectivity index (χ3n) is 3.67. The van der Waals surface area contributed by atoms with Gasteiger partial charge in [-0.3, -0.25) is 0 Å². The van der Waals surface area contributed by atoms with Crippen LogP contribution in [0.4, 0.5) is 0 Å². The van der Waals surface area contributed by atoms with Crippen LogP contribution in [0, 0.1) is 0 Å². The van der Waals surface area contributed by atoms with Gasteiger partial charge in [0.2, 0.25) is 0 Å². The number of halogens is 1. The molecule has 1 N–H and O–H groups in total. The molecule has 1 aromatic carbocycles. The Kier molecular flexibility index (Phi) is 3.96. The Morgan fingerprint density at radius 2 is 2.21 bits per heavy atom. The summed E-state index contributed by atoms with van der Waals surface area (Å²) in [5.74, 6) is 0.752. The Morgan fingerprint density at radius 3 is 2.84 bits per heavy atom. The Hall–Kier alpha value is -0.580. The van der Waals surface area contributed by atoms with Gasteiger partial charge in [0.15, 0.2) is 0 Å². The van der Waals surface area contributed by atoms with E-state index in [1.807, 2.05) is 39.0 Å². The van der Waals surface area contributed by atoms with E-state index in [0.29, 0.717) is 6.42 Å². The van der Waals surface area contributed by atoms with E-state index < -0.39 is 11.7 Å². The molecule has 0 saturated carbocycles. The van der Waals surface area contributed by atoms with Crippen LogP contribution in [0.3, 0.4) is 0 Å². The molecule has 0 aliphatic carbocycles.